The predicted octanol–water partition coefficient (Wildman–Crippen LogP) is 5.55. The van der Waals surface area contributed by atoms with Crippen molar-refractivity contribution in [2.24, 2.45) is 11.8 Å². The molecule has 5 rings (SSSR count). The minimum absolute atomic E-state index is 0.137. The summed E-state index contributed by atoms with van der Waals surface area (Å²) in [4.78, 5) is 26.8. The summed E-state index contributed by atoms with van der Waals surface area (Å²) >= 11 is 12.6. The third-order valence-corrected chi connectivity index (χ3v) is 7.45. The first-order valence-electron chi connectivity index (χ1n) is 10.5. The van der Waals surface area contributed by atoms with Crippen LogP contribution in [0.4, 0.5) is 10.1 Å². The third-order valence-electron chi connectivity index (χ3n) is 6.94. The van der Waals surface area contributed by atoms with E-state index in [1.165, 1.54) is 12.1 Å². The van der Waals surface area contributed by atoms with Gasteiger partial charge < -0.3 is 10.6 Å². The van der Waals surface area contributed by atoms with Crippen LogP contribution < -0.4 is 10.6 Å². The molecule has 2 aromatic rings. The molecule has 7 heteroatoms. The van der Waals surface area contributed by atoms with Crippen molar-refractivity contribution in [2.45, 2.75) is 31.2 Å². The average molecular weight is 471 g/mol. The minimum Gasteiger partial charge on any atom is -0.348 e. The van der Waals surface area contributed by atoms with Crippen molar-refractivity contribution in [3.63, 3.8) is 0 Å². The Morgan fingerprint density at radius 3 is 2.69 bits per heavy atom. The van der Waals surface area contributed by atoms with Gasteiger partial charge in [0.1, 0.15) is 11.2 Å². The zero-order valence-corrected chi connectivity index (χ0v) is 18.8. The molecule has 4 nitrogen and oxygen atoms in total. The molecule has 1 saturated heterocycles. The first-order chi connectivity index (χ1) is 15.3. The summed E-state index contributed by atoms with van der Waals surface area (Å²) in [6.07, 6.45) is 6.38. The van der Waals surface area contributed by atoms with Gasteiger partial charge in [0.25, 0.3) is 0 Å². The van der Waals surface area contributed by atoms with E-state index in [-0.39, 0.29) is 30.1 Å². The van der Waals surface area contributed by atoms with E-state index in [1.54, 1.807) is 18.2 Å². The number of carbonyl (C=O) groups is 2. The molecule has 2 aliphatic heterocycles. The molecule has 1 unspecified atom stereocenters. The standard InChI is InChI=1S/C25H21Cl2FN2O2/c1-13-5-7-17(28)11-18(13)23-25(19-8-6-16(27)10-21(19)29-24(25)32)20(12-22(31)30-23)14-3-2-4-15(26)9-14/h2-8,10-11,14,20,23H,9,12H2,1H3,(H,29,32)(H,30,31)/t14?,20-,23-,25-/m0/s1. The van der Waals surface area contributed by atoms with Crippen molar-refractivity contribution in [3.05, 3.63) is 87.2 Å². The van der Waals surface area contributed by atoms with Gasteiger partial charge in [0.15, 0.2) is 0 Å². The molecule has 1 spiro atoms. The van der Waals surface area contributed by atoms with E-state index >= 15 is 0 Å². The van der Waals surface area contributed by atoms with Gasteiger partial charge in [0.2, 0.25) is 11.8 Å². The zero-order valence-electron chi connectivity index (χ0n) is 17.3. The SMILES string of the molecule is Cc1ccc(F)cc1[C@@H]1NC(=O)C[C@@H](C2C=CC=C(Cl)C2)[C@]12C(=O)Nc1cc(Cl)ccc12. The Labute approximate surface area is 195 Å². The van der Waals surface area contributed by atoms with E-state index < -0.39 is 17.3 Å². The quantitative estimate of drug-likeness (QED) is 0.603. The number of anilines is 1. The average Bonchev–Trinajstić information content (AvgIpc) is 3.02. The van der Waals surface area contributed by atoms with Crippen LogP contribution >= 0.6 is 23.2 Å². The highest BCUT2D eigenvalue weighted by molar-refractivity contribution is 6.31. The van der Waals surface area contributed by atoms with E-state index in [9.17, 15) is 14.0 Å². The van der Waals surface area contributed by atoms with E-state index in [2.05, 4.69) is 10.6 Å². The molecule has 1 fully saturated rings. The maximum atomic E-state index is 14.4. The molecule has 0 bridgehead atoms. The van der Waals surface area contributed by atoms with Gasteiger partial charge in [-0.15, -0.1) is 0 Å². The molecular formula is C25H21Cl2FN2O2. The van der Waals surface area contributed by atoms with E-state index in [4.69, 9.17) is 23.2 Å². The molecule has 2 aromatic carbocycles. The molecule has 32 heavy (non-hydrogen) atoms. The van der Waals surface area contributed by atoms with Crippen LogP contribution in [0, 0.1) is 24.6 Å². The van der Waals surface area contributed by atoms with Gasteiger partial charge in [-0.05, 0) is 72.2 Å². The second kappa shape index (κ2) is 7.75. The van der Waals surface area contributed by atoms with Gasteiger partial charge in [-0.2, -0.15) is 0 Å². The summed E-state index contributed by atoms with van der Waals surface area (Å²) in [5.74, 6) is -1.35. The second-order valence-electron chi connectivity index (χ2n) is 8.69. The highest BCUT2D eigenvalue weighted by Gasteiger charge is 2.62. The molecule has 164 valence electrons. The Kier molecular flexibility index (Phi) is 5.14. The van der Waals surface area contributed by atoms with Crippen molar-refractivity contribution in [3.8, 4) is 0 Å². The van der Waals surface area contributed by atoms with Gasteiger partial charge >= 0.3 is 0 Å². The van der Waals surface area contributed by atoms with Crippen LogP contribution in [0.3, 0.4) is 0 Å². The number of carbonyl (C=O) groups excluding carboxylic acids is 2. The smallest absolute Gasteiger partial charge is 0.237 e. The summed E-state index contributed by atoms with van der Waals surface area (Å²) < 4.78 is 14.4. The van der Waals surface area contributed by atoms with E-state index in [1.807, 2.05) is 31.2 Å². The summed E-state index contributed by atoms with van der Waals surface area (Å²) in [5, 5.41) is 7.19. The lowest BCUT2D eigenvalue weighted by Gasteiger charge is -2.49. The molecule has 4 atom stereocenters. The number of allylic oxidation sites excluding steroid dienone is 4. The lowest BCUT2D eigenvalue weighted by Crippen LogP contribution is -2.59. The van der Waals surface area contributed by atoms with Crippen molar-refractivity contribution < 1.29 is 14.0 Å². The summed E-state index contributed by atoms with van der Waals surface area (Å²) in [5.41, 5.74) is 1.61. The van der Waals surface area contributed by atoms with Crippen molar-refractivity contribution >= 4 is 40.7 Å². The molecule has 0 aromatic heterocycles. The number of hydrogen-bond acceptors (Lipinski definition) is 2. The fourth-order valence-corrected chi connectivity index (χ4v) is 5.99. The number of amides is 2. The number of piperidine rings is 1. The van der Waals surface area contributed by atoms with Crippen LogP contribution in [0.2, 0.25) is 5.02 Å². The maximum absolute atomic E-state index is 14.4. The zero-order chi connectivity index (χ0) is 22.6. The Balaban J connectivity index is 1.78. The number of aryl methyl sites for hydroxylation is 1. The second-order valence-corrected chi connectivity index (χ2v) is 9.61. The van der Waals surface area contributed by atoms with Crippen LogP contribution in [-0.2, 0) is 15.0 Å². The number of hydrogen-bond donors (Lipinski definition) is 2. The van der Waals surface area contributed by atoms with E-state index in [0.717, 1.165) is 11.1 Å². The molecule has 2 amide bonds. The predicted molar refractivity (Wildman–Crippen MR) is 123 cm³/mol. The first kappa shape index (κ1) is 21.2. The van der Waals surface area contributed by atoms with Crippen molar-refractivity contribution in [2.75, 3.05) is 5.32 Å². The lowest BCUT2D eigenvalue weighted by molar-refractivity contribution is -0.135. The Bertz CT molecular complexity index is 1210. The number of benzene rings is 2. The van der Waals surface area contributed by atoms with Gasteiger partial charge in [-0.3, -0.25) is 9.59 Å². The number of rotatable bonds is 2. The Morgan fingerprint density at radius 2 is 1.91 bits per heavy atom. The maximum Gasteiger partial charge on any atom is 0.237 e. The highest BCUT2D eigenvalue weighted by atomic mass is 35.5. The number of fused-ring (bicyclic) bond motifs is 2. The third kappa shape index (κ3) is 3.18. The summed E-state index contributed by atoms with van der Waals surface area (Å²) in [7, 11) is 0. The first-order valence-corrected chi connectivity index (χ1v) is 11.3. The fourth-order valence-electron chi connectivity index (χ4n) is 5.57. The molecule has 2 heterocycles. The Hall–Kier alpha value is -2.63. The summed E-state index contributed by atoms with van der Waals surface area (Å²) in [6.45, 7) is 1.86. The molecule has 0 radical (unpaired) electrons. The monoisotopic (exact) mass is 470 g/mol. The largest absolute Gasteiger partial charge is 0.348 e. The van der Waals surface area contributed by atoms with Crippen molar-refractivity contribution in [1.82, 2.24) is 5.32 Å². The van der Waals surface area contributed by atoms with Crippen LogP contribution in [-0.4, -0.2) is 11.8 Å². The Morgan fingerprint density at radius 1 is 1.09 bits per heavy atom. The van der Waals surface area contributed by atoms with E-state index in [0.29, 0.717) is 27.7 Å². The van der Waals surface area contributed by atoms with Crippen LogP contribution in [0.15, 0.2) is 59.7 Å². The van der Waals surface area contributed by atoms with Gasteiger partial charge in [0, 0.05) is 22.2 Å². The van der Waals surface area contributed by atoms with Crippen LogP contribution in [0.1, 0.15) is 35.6 Å². The molecule has 2 N–H and O–H groups in total. The fraction of sp³-hybridized carbons (Fsp3) is 0.280. The van der Waals surface area contributed by atoms with Crippen LogP contribution in [0.25, 0.3) is 0 Å². The van der Waals surface area contributed by atoms with Crippen molar-refractivity contribution in [1.29, 1.82) is 0 Å². The topological polar surface area (TPSA) is 58.2 Å². The molecular weight excluding hydrogens is 450 g/mol. The molecule has 0 saturated carbocycles. The summed E-state index contributed by atoms with van der Waals surface area (Å²) in [6, 6.07) is 9.02. The minimum atomic E-state index is -1.14. The lowest BCUT2D eigenvalue weighted by atomic mass is 9.56. The highest BCUT2D eigenvalue weighted by Crippen LogP contribution is 2.57. The molecule has 3 aliphatic rings. The van der Waals surface area contributed by atoms with Gasteiger partial charge in [-0.1, -0.05) is 47.5 Å². The van der Waals surface area contributed by atoms with Gasteiger partial charge in [-0.25, -0.2) is 4.39 Å². The molecule has 1 aliphatic carbocycles. The number of halogens is 3. The number of nitrogens with one attached hydrogen (secondary N) is 2. The normalized spacial score (nSPS) is 28.9. The van der Waals surface area contributed by atoms with Crippen LogP contribution in [0.5, 0.6) is 0 Å². The van der Waals surface area contributed by atoms with Gasteiger partial charge in [0.05, 0.1) is 6.04 Å².